The van der Waals surface area contributed by atoms with E-state index in [2.05, 4.69) is 21.2 Å². The maximum Gasteiger partial charge on any atom is 0.338 e. The van der Waals surface area contributed by atoms with Crippen LogP contribution in [0.4, 0.5) is 5.69 Å². The van der Waals surface area contributed by atoms with E-state index < -0.39 is 0 Å². The third kappa shape index (κ3) is 5.38. The number of carbonyl (C=O) groups excluding carboxylic acids is 2. The van der Waals surface area contributed by atoms with Crippen LogP contribution >= 0.6 is 15.9 Å². The van der Waals surface area contributed by atoms with E-state index in [1.165, 1.54) is 0 Å². The van der Waals surface area contributed by atoms with Crippen LogP contribution in [0.1, 0.15) is 23.7 Å². The number of ether oxygens (including phenoxy) is 2. The van der Waals surface area contributed by atoms with E-state index in [1.807, 2.05) is 25.1 Å². The highest BCUT2D eigenvalue weighted by atomic mass is 79.9. The summed E-state index contributed by atoms with van der Waals surface area (Å²) in [6.07, 6.45) is 0.775. The van der Waals surface area contributed by atoms with Gasteiger partial charge in [0.1, 0.15) is 5.75 Å². The number of anilines is 1. The van der Waals surface area contributed by atoms with Crippen LogP contribution in [0.3, 0.4) is 0 Å². The van der Waals surface area contributed by atoms with Crippen LogP contribution in [0.5, 0.6) is 5.75 Å². The van der Waals surface area contributed by atoms with E-state index in [0.29, 0.717) is 23.6 Å². The molecule has 2 rings (SSSR count). The lowest BCUT2D eigenvalue weighted by Crippen LogP contribution is -2.20. The minimum absolute atomic E-state index is 0.108. The maximum absolute atomic E-state index is 11.9. The predicted octanol–water partition coefficient (Wildman–Crippen LogP) is 4.03. The first kappa shape index (κ1) is 18.0. The van der Waals surface area contributed by atoms with Gasteiger partial charge in [0.2, 0.25) is 0 Å². The second kappa shape index (κ2) is 9.08. The lowest BCUT2D eigenvalue weighted by atomic mass is 10.2. The number of rotatable bonds is 7. The topological polar surface area (TPSA) is 64.6 Å². The Kier molecular flexibility index (Phi) is 6.81. The van der Waals surface area contributed by atoms with Crippen LogP contribution in [0.2, 0.25) is 0 Å². The molecule has 24 heavy (non-hydrogen) atoms. The molecule has 1 N–H and O–H groups in total. The zero-order valence-electron chi connectivity index (χ0n) is 13.3. The molecular weight excluding hydrogens is 374 g/mol. The fourth-order valence-electron chi connectivity index (χ4n) is 1.87. The van der Waals surface area contributed by atoms with Gasteiger partial charge in [0, 0.05) is 5.69 Å². The lowest BCUT2D eigenvalue weighted by molar-refractivity contribution is -0.118. The standard InChI is InChI=1S/C18H18BrNO4/c1-2-11-23-18(22)13-7-9-14(10-8-13)20-17(21)12-24-16-6-4-3-5-15(16)19/h3-10H,2,11-12H2,1H3,(H,20,21). The first-order valence-electron chi connectivity index (χ1n) is 7.54. The third-order valence-electron chi connectivity index (χ3n) is 3.04. The van der Waals surface area contributed by atoms with E-state index in [0.717, 1.165) is 10.9 Å². The third-order valence-corrected chi connectivity index (χ3v) is 3.69. The summed E-state index contributed by atoms with van der Waals surface area (Å²) in [5, 5.41) is 2.71. The van der Waals surface area contributed by atoms with Gasteiger partial charge in [0.05, 0.1) is 16.6 Å². The number of esters is 1. The molecule has 0 saturated heterocycles. The number of nitrogens with one attached hydrogen (secondary N) is 1. The molecule has 0 atom stereocenters. The fraction of sp³-hybridized carbons (Fsp3) is 0.222. The smallest absolute Gasteiger partial charge is 0.338 e. The number of amides is 1. The van der Waals surface area contributed by atoms with Crippen molar-refractivity contribution in [2.75, 3.05) is 18.5 Å². The summed E-state index contributed by atoms with van der Waals surface area (Å²) in [5.41, 5.74) is 1.04. The molecule has 0 aliphatic carbocycles. The minimum atomic E-state index is -0.369. The van der Waals surface area contributed by atoms with Crippen LogP contribution in [0, 0.1) is 0 Å². The molecule has 0 aromatic heterocycles. The SMILES string of the molecule is CCCOC(=O)c1ccc(NC(=O)COc2ccccc2Br)cc1. The molecule has 0 spiro atoms. The zero-order chi connectivity index (χ0) is 17.4. The van der Waals surface area contributed by atoms with Crippen LogP contribution < -0.4 is 10.1 Å². The van der Waals surface area contributed by atoms with Gasteiger partial charge in [0.15, 0.2) is 6.61 Å². The normalized spacial score (nSPS) is 10.1. The van der Waals surface area contributed by atoms with E-state index in [-0.39, 0.29) is 18.5 Å². The van der Waals surface area contributed by atoms with Crippen LogP contribution in [-0.2, 0) is 9.53 Å². The quantitative estimate of drug-likeness (QED) is 0.723. The lowest BCUT2D eigenvalue weighted by Gasteiger charge is -2.09. The largest absolute Gasteiger partial charge is 0.483 e. The van der Waals surface area contributed by atoms with Gasteiger partial charge >= 0.3 is 5.97 Å². The van der Waals surface area contributed by atoms with Crippen molar-refractivity contribution in [2.24, 2.45) is 0 Å². The van der Waals surface area contributed by atoms with Gasteiger partial charge in [-0.05, 0) is 58.7 Å². The number of hydrogen-bond donors (Lipinski definition) is 1. The Balaban J connectivity index is 1.85. The molecule has 0 unspecified atom stereocenters. The molecule has 0 fully saturated rings. The Bertz CT molecular complexity index is 700. The van der Waals surface area contributed by atoms with E-state index in [9.17, 15) is 9.59 Å². The maximum atomic E-state index is 11.9. The van der Waals surface area contributed by atoms with Crippen LogP contribution in [-0.4, -0.2) is 25.1 Å². The van der Waals surface area contributed by atoms with Gasteiger partial charge in [-0.1, -0.05) is 19.1 Å². The molecule has 0 aliphatic rings. The number of carbonyl (C=O) groups is 2. The molecule has 2 aromatic rings. The Morgan fingerprint density at radius 3 is 2.46 bits per heavy atom. The highest BCUT2D eigenvalue weighted by molar-refractivity contribution is 9.10. The molecule has 0 heterocycles. The van der Waals surface area contributed by atoms with Crippen molar-refractivity contribution in [3.8, 4) is 5.75 Å². The van der Waals surface area contributed by atoms with Crippen LogP contribution in [0.15, 0.2) is 53.0 Å². The van der Waals surface area contributed by atoms with Gasteiger partial charge in [-0.25, -0.2) is 4.79 Å². The van der Waals surface area contributed by atoms with Crippen LogP contribution in [0.25, 0.3) is 0 Å². The molecule has 6 heteroatoms. The molecule has 0 bridgehead atoms. The summed E-state index contributed by atoms with van der Waals surface area (Å²) in [6.45, 7) is 2.22. The average Bonchev–Trinajstić information content (AvgIpc) is 2.59. The van der Waals surface area contributed by atoms with Gasteiger partial charge in [0.25, 0.3) is 5.91 Å². The molecule has 0 aliphatic heterocycles. The predicted molar refractivity (Wildman–Crippen MR) is 95.3 cm³/mol. The second-order valence-corrected chi connectivity index (χ2v) is 5.83. The molecule has 126 valence electrons. The first-order valence-corrected chi connectivity index (χ1v) is 8.34. The molecule has 2 aromatic carbocycles. The fourth-order valence-corrected chi connectivity index (χ4v) is 2.27. The van der Waals surface area contributed by atoms with Crippen molar-refractivity contribution in [3.63, 3.8) is 0 Å². The Labute approximate surface area is 149 Å². The van der Waals surface area contributed by atoms with E-state index in [1.54, 1.807) is 30.3 Å². The number of hydrogen-bond acceptors (Lipinski definition) is 4. The Morgan fingerprint density at radius 1 is 1.08 bits per heavy atom. The summed E-state index contributed by atoms with van der Waals surface area (Å²) in [6, 6.07) is 13.8. The van der Waals surface area contributed by atoms with Crippen molar-refractivity contribution >= 4 is 33.5 Å². The minimum Gasteiger partial charge on any atom is -0.483 e. The number of para-hydroxylation sites is 1. The highest BCUT2D eigenvalue weighted by Gasteiger charge is 2.08. The molecule has 1 amide bonds. The average molecular weight is 392 g/mol. The zero-order valence-corrected chi connectivity index (χ0v) is 14.8. The van der Waals surface area contributed by atoms with Gasteiger partial charge in [-0.3, -0.25) is 4.79 Å². The van der Waals surface area contributed by atoms with E-state index >= 15 is 0 Å². The van der Waals surface area contributed by atoms with Crippen molar-refractivity contribution in [3.05, 3.63) is 58.6 Å². The summed E-state index contributed by atoms with van der Waals surface area (Å²) in [5.74, 6) is -0.0549. The number of halogens is 1. The monoisotopic (exact) mass is 391 g/mol. The Morgan fingerprint density at radius 2 is 1.79 bits per heavy atom. The van der Waals surface area contributed by atoms with Gasteiger partial charge < -0.3 is 14.8 Å². The van der Waals surface area contributed by atoms with Crippen molar-refractivity contribution in [1.82, 2.24) is 0 Å². The number of benzene rings is 2. The molecule has 0 saturated carbocycles. The summed E-state index contributed by atoms with van der Waals surface area (Å²) in [7, 11) is 0. The highest BCUT2D eigenvalue weighted by Crippen LogP contribution is 2.23. The summed E-state index contributed by atoms with van der Waals surface area (Å²) >= 11 is 3.35. The molecule has 5 nitrogen and oxygen atoms in total. The van der Waals surface area contributed by atoms with E-state index in [4.69, 9.17) is 9.47 Å². The summed E-state index contributed by atoms with van der Waals surface area (Å²) in [4.78, 5) is 23.6. The van der Waals surface area contributed by atoms with Gasteiger partial charge in [-0.2, -0.15) is 0 Å². The van der Waals surface area contributed by atoms with Crippen molar-refractivity contribution in [1.29, 1.82) is 0 Å². The van der Waals surface area contributed by atoms with Crippen molar-refractivity contribution in [2.45, 2.75) is 13.3 Å². The molecular formula is C18H18BrNO4. The first-order chi connectivity index (χ1) is 11.6. The Hall–Kier alpha value is -2.34. The summed E-state index contributed by atoms with van der Waals surface area (Å²) < 4.78 is 11.3. The molecule has 0 radical (unpaired) electrons. The van der Waals surface area contributed by atoms with Gasteiger partial charge in [-0.15, -0.1) is 0 Å². The van der Waals surface area contributed by atoms with Crippen molar-refractivity contribution < 1.29 is 19.1 Å². The second-order valence-electron chi connectivity index (χ2n) is 4.98.